The first kappa shape index (κ1) is 9.45. The monoisotopic (exact) mass is 201 g/mol. The minimum absolute atomic E-state index is 0.272. The van der Waals surface area contributed by atoms with Crippen molar-refractivity contribution < 1.29 is 4.74 Å². The SMILES string of the molecule is C=CC(Oc1ccccc1)c1c[nH]nn1. The topological polar surface area (TPSA) is 50.8 Å². The van der Waals surface area contributed by atoms with Gasteiger partial charge in [-0.05, 0) is 18.2 Å². The van der Waals surface area contributed by atoms with E-state index in [0.717, 1.165) is 5.75 Å². The number of hydrogen-bond donors (Lipinski definition) is 1. The summed E-state index contributed by atoms with van der Waals surface area (Å²) in [6.07, 6.45) is 3.10. The molecule has 0 saturated carbocycles. The van der Waals surface area contributed by atoms with E-state index >= 15 is 0 Å². The zero-order valence-electron chi connectivity index (χ0n) is 8.13. The Labute approximate surface area is 87.6 Å². The zero-order chi connectivity index (χ0) is 10.5. The van der Waals surface area contributed by atoms with Crippen LogP contribution in [0.15, 0.2) is 49.2 Å². The van der Waals surface area contributed by atoms with Crippen LogP contribution in [0.1, 0.15) is 11.8 Å². The van der Waals surface area contributed by atoms with E-state index in [4.69, 9.17) is 4.74 Å². The van der Waals surface area contributed by atoms with Crippen LogP contribution in [0.2, 0.25) is 0 Å². The average Bonchev–Trinajstić information content (AvgIpc) is 2.81. The molecule has 0 aliphatic rings. The highest BCUT2D eigenvalue weighted by Crippen LogP contribution is 2.20. The summed E-state index contributed by atoms with van der Waals surface area (Å²) in [5.74, 6) is 0.783. The second kappa shape index (κ2) is 4.41. The maximum atomic E-state index is 5.67. The third kappa shape index (κ3) is 2.22. The molecular weight excluding hydrogens is 190 g/mol. The fraction of sp³-hybridized carbons (Fsp3) is 0.0909. The number of nitrogens with zero attached hydrogens (tertiary/aromatic N) is 2. The van der Waals surface area contributed by atoms with Gasteiger partial charge in [-0.3, -0.25) is 5.10 Å². The molecule has 0 bridgehead atoms. The highest BCUT2D eigenvalue weighted by Gasteiger charge is 2.11. The van der Waals surface area contributed by atoms with E-state index in [1.807, 2.05) is 30.3 Å². The van der Waals surface area contributed by atoms with Crippen molar-refractivity contribution in [2.75, 3.05) is 0 Å². The molecule has 1 atom stereocenters. The maximum Gasteiger partial charge on any atom is 0.162 e. The normalized spacial score (nSPS) is 12.0. The Kier molecular flexibility index (Phi) is 2.78. The molecule has 0 amide bonds. The van der Waals surface area contributed by atoms with E-state index in [0.29, 0.717) is 5.69 Å². The number of benzene rings is 1. The number of para-hydroxylation sites is 1. The predicted molar refractivity (Wildman–Crippen MR) is 56.4 cm³/mol. The molecule has 0 aliphatic carbocycles. The van der Waals surface area contributed by atoms with Crippen LogP contribution in [0.4, 0.5) is 0 Å². The van der Waals surface area contributed by atoms with Gasteiger partial charge in [-0.1, -0.05) is 30.0 Å². The van der Waals surface area contributed by atoms with Gasteiger partial charge in [0, 0.05) is 6.20 Å². The number of rotatable bonds is 4. The van der Waals surface area contributed by atoms with Crippen molar-refractivity contribution in [2.45, 2.75) is 6.10 Å². The van der Waals surface area contributed by atoms with Crippen LogP contribution in [0, 0.1) is 0 Å². The predicted octanol–water partition coefficient (Wildman–Crippen LogP) is 2.11. The van der Waals surface area contributed by atoms with E-state index in [1.54, 1.807) is 12.3 Å². The van der Waals surface area contributed by atoms with E-state index < -0.39 is 0 Å². The van der Waals surface area contributed by atoms with Crippen molar-refractivity contribution in [3.8, 4) is 5.75 Å². The molecule has 1 unspecified atom stereocenters. The molecule has 2 aromatic rings. The number of hydrogen-bond acceptors (Lipinski definition) is 3. The minimum atomic E-state index is -0.272. The van der Waals surface area contributed by atoms with Gasteiger partial charge >= 0.3 is 0 Å². The van der Waals surface area contributed by atoms with Gasteiger partial charge in [0.2, 0.25) is 0 Å². The highest BCUT2D eigenvalue weighted by atomic mass is 16.5. The first-order valence-corrected chi connectivity index (χ1v) is 4.61. The fourth-order valence-corrected chi connectivity index (χ4v) is 1.22. The second-order valence-electron chi connectivity index (χ2n) is 2.99. The molecule has 1 N–H and O–H groups in total. The number of H-pyrrole nitrogens is 1. The number of aromatic amines is 1. The van der Waals surface area contributed by atoms with Gasteiger partial charge in [0.15, 0.2) is 6.10 Å². The molecule has 4 nitrogen and oxygen atoms in total. The fourth-order valence-electron chi connectivity index (χ4n) is 1.22. The van der Waals surface area contributed by atoms with Crippen molar-refractivity contribution in [1.29, 1.82) is 0 Å². The quantitative estimate of drug-likeness (QED) is 0.771. The molecule has 76 valence electrons. The van der Waals surface area contributed by atoms with Crippen molar-refractivity contribution in [1.82, 2.24) is 15.4 Å². The third-order valence-corrected chi connectivity index (χ3v) is 1.95. The van der Waals surface area contributed by atoms with Gasteiger partial charge in [-0.2, -0.15) is 0 Å². The lowest BCUT2D eigenvalue weighted by molar-refractivity contribution is 0.250. The molecule has 0 aliphatic heterocycles. The molecular formula is C11H11N3O. The van der Waals surface area contributed by atoms with Crippen LogP contribution in [0.3, 0.4) is 0 Å². The van der Waals surface area contributed by atoms with Crippen LogP contribution in [-0.4, -0.2) is 15.4 Å². The zero-order valence-corrected chi connectivity index (χ0v) is 8.13. The van der Waals surface area contributed by atoms with Gasteiger partial charge in [-0.15, -0.1) is 5.10 Å². The Balaban J connectivity index is 2.13. The van der Waals surface area contributed by atoms with E-state index in [9.17, 15) is 0 Å². The van der Waals surface area contributed by atoms with Crippen LogP contribution >= 0.6 is 0 Å². The Morgan fingerprint density at radius 3 is 2.73 bits per heavy atom. The number of ether oxygens (including phenoxy) is 1. The number of aromatic nitrogens is 3. The van der Waals surface area contributed by atoms with Crippen molar-refractivity contribution >= 4 is 0 Å². The van der Waals surface area contributed by atoms with Crippen molar-refractivity contribution in [2.24, 2.45) is 0 Å². The Morgan fingerprint density at radius 2 is 2.13 bits per heavy atom. The molecule has 1 aromatic carbocycles. The molecule has 1 heterocycles. The molecule has 0 spiro atoms. The summed E-state index contributed by atoms with van der Waals surface area (Å²) < 4.78 is 5.67. The molecule has 15 heavy (non-hydrogen) atoms. The first-order chi connectivity index (χ1) is 7.40. The summed E-state index contributed by atoms with van der Waals surface area (Å²) in [6.45, 7) is 3.71. The van der Waals surface area contributed by atoms with Gasteiger partial charge < -0.3 is 4.74 Å². The largest absolute Gasteiger partial charge is 0.480 e. The smallest absolute Gasteiger partial charge is 0.162 e. The van der Waals surface area contributed by atoms with Gasteiger partial charge in [-0.25, -0.2) is 0 Å². The maximum absolute atomic E-state index is 5.67. The first-order valence-electron chi connectivity index (χ1n) is 4.61. The third-order valence-electron chi connectivity index (χ3n) is 1.95. The summed E-state index contributed by atoms with van der Waals surface area (Å²) in [6, 6.07) is 9.54. The van der Waals surface area contributed by atoms with Crippen LogP contribution in [-0.2, 0) is 0 Å². The summed E-state index contributed by atoms with van der Waals surface area (Å²) in [7, 11) is 0. The lowest BCUT2D eigenvalue weighted by atomic mass is 10.2. The van der Waals surface area contributed by atoms with Gasteiger partial charge in [0.25, 0.3) is 0 Å². The standard InChI is InChI=1S/C11H11N3O/c1-2-11(10-8-12-14-13-10)15-9-6-4-3-5-7-9/h2-8,11H,1H2,(H,12,13,14). The average molecular weight is 201 g/mol. The van der Waals surface area contributed by atoms with Crippen molar-refractivity contribution in [3.63, 3.8) is 0 Å². The lowest BCUT2D eigenvalue weighted by Gasteiger charge is -2.12. The number of nitrogens with one attached hydrogen (secondary N) is 1. The minimum Gasteiger partial charge on any atom is -0.480 e. The summed E-state index contributed by atoms with van der Waals surface area (Å²) in [5, 5.41) is 10.2. The van der Waals surface area contributed by atoms with Crippen molar-refractivity contribution in [3.05, 3.63) is 54.9 Å². The van der Waals surface area contributed by atoms with Crippen LogP contribution < -0.4 is 4.74 Å². The van der Waals surface area contributed by atoms with Crippen LogP contribution in [0.5, 0.6) is 5.75 Å². The van der Waals surface area contributed by atoms with Crippen LogP contribution in [0.25, 0.3) is 0 Å². The molecule has 0 saturated heterocycles. The summed E-state index contributed by atoms with van der Waals surface area (Å²) in [4.78, 5) is 0. The molecule has 1 aromatic heterocycles. The summed E-state index contributed by atoms with van der Waals surface area (Å²) in [5.41, 5.74) is 0.717. The molecule has 0 radical (unpaired) electrons. The summed E-state index contributed by atoms with van der Waals surface area (Å²) >= 11 is 0. The molecule has 2 rings (SSSR count). The Hall–Kier alpha value is -2.10. The Morgan fingerprint density at radius 1 is 1.33 bits per heavy atom. The second-order valence-corrected chi connectivity index (χ2v) is 2.99. The van der Waals surface area contributed by atoms with E-state index in [1.165, 1.54) is 0 Å². The van der Waals surface area contributed by atoms with Gasteiger partial charge in [0.05, 0.1) is 0 Å². The molecule has 4 heteroatoms. The van der Waals surface area contributed by atoms with Gasteiger partial charge in [0.1, 0.15) is 11.4 Å². The van der Waals surface area contributed by atoms with E-state index in [-0.39, 0.29) is 6.10 Å². The molecule has 0 fully saturated rings. The van der Waals surface area contributed by atoms with E-state index in [2.05, 4.69) is 22.0 Å². The lowest BCUT2D eigenvalue weighted by Crippen LogP contribution is -2.04. The highest BCUT2D eigenvalue weighted by molar-refractivity contribution is 5.23. The Bertz CT molecular complexity index is 411.